The summed E-state index contributed by atoms with van der Waals surface area (Å²) in [7, 11) is 0. The molecule has 7 heteroatoms. The molecule has 2 heterocycles. The van der Waals surface area contributed by atoms with Crippen LogP contribution in [0.4, 0.5) is 0 Å². The molecule has 0 fully saturated rings. The minimum atomic E-state index is -0.506. The van der Waals surface area contributed by atoms with E-state index in [4.69, 9.17) is 23.2 Å². The summed E-state index contributed by atoms with van der Waals surface area (Å²) in [6.45, 7) is 3.33. The zero-order valence-corrected chi connectivity index (χ0v) is 17.5. The fourth-order valence-electron chi connectivity index (χ4n) is 3.29. The summed E-state index contributed by atoms with van der Waals surface area (Å²) in [4.78, 5) is 28.7. The van der Waals surface area contributed by atoms with Crippen LogP contribution in [-0.4, -0.2) is 29.3 Å². The third kappa shape index (κ3) is 5.03. The molecule has 1 aromatic carbocycles. The Labute approximate surface area is 173 Å². The first kappa shape index (κ1) is 20.2. The number of rotatable bonds is 6. The van der Waals surface area contributed by atoms with E-state index in [-0.39, 0.29) is 18.2 Å². The maximum absolute atomic E-state index is 13.0. The second kappa shape index (κ2) is 9.09. The molecule has 3 rings (SSSR count). The van der Waals surface area contributed by atoms with E-state index in [1.165, 1.54) is 10.4 Å². The van der Waals surface area contributed by atoms with Gasteiger partial charge in [-0.2, -0.15) is 0 Å². The number of carbonyl (C=O) groups is 2. The minimum absolute atomic E-state index is 0.00995. The Hall–Kier alpha value is -1.56. The predicted octanol–water partition coefficient (Wildman–Crippen LogP) is 4.47. The number of hydrogen-bond donors (Lipinski definition) is 1. The van der Waals surface area contributed by atoms with E-state index in [1.807, 2.05) is 11.8 Å². The molecule has 1 atom stereocenters. The van der Waals surface area contributed by atoms with Gasteiger partial charge in [-0.25, -0.2) is 0 Å². The van der Waals surface area contributed by atoms with Crippen LogP contribution in [0, 0.1) is 0 Å². The van der Waals surface area contributed by atoms with Gasteiger partial charge in [0.1, 0.15) is 6.04 Å². The number of fused-ring (bicyclic) bond motifs is 1. The molecule has 0 saturated carbocycles. The molecule has 1 N–H and O–H groups in total. The van der Waals surface area contributed by atoms with Crippen molar-refractivity contribution in [2.24, 2.45) is 0 Å². The summed E-state index contributed by atoms with van der Waals surface area (Å²) in [6, 6.07) is 6.64. The van der Waals surface area contributed by atoms with E-state index < -0.39 is 6.04 Å². The van der Waals surface area contributed by atoms with Gasteiger partial charge in [0.2, 0.25) is 11.8 Å². The lowest BCUT2D eigenvalue weighted by Gasteiger charge is -2.31. The SMILES string of the molecule is CCCC(NC(=O)Cc1ccc(Cl)cc1Cl)C(=O)N1CCc2sccc2C1. The summed E-state index contributed by atoms with van der Waals surface area (Å²) in [5.41, 5.74) is 1.91. The predicted molar refractivity (Wildman–Crippen MR) is 110 cm³/mol. The highest BCUT2D eigenvalue weighted by atomic mass is 35.5. The lowest BCUT2D eigenvalue weighted by atomic mass is 10.1. The number of nitrogens with one attached hydrogen (secondary N) is 1. The molecule has 0 bridgehead atoms. The Balaban J connectivity index is 1.64. The van der Waals surface area contributed by atoms with Crippen molar-refractivity contribution >= 4 is 46.4 Å². The van der Waals surface area contributed by atoms with Crippen molar-refractivity contribution in [1.82, 2.24) is 10.2 Å². The van der Waals surface area contributed by atoms with Gasteiger partial charge in [-0.15, -0.1) is 11.3 Å². The average Bonchev–Trinajstić information content (AvgIpc) is 3.11. The van der Waals surface area contributed by atoms with Crippen LogP contribution in [0.1, 0.15) is 35.8 Å². The van der Waals surface area contributed by atoms with Crippen LogP contribution in [0.2, 0.25) is 10.0 Å². The highest BCUT2D eigenvalue weighted by molar-refractivity contribution is 7.10. The monoisotopic (exact) mass is 424 g/mol. The quantitative estimate of drug-likeness (QED) is 0.743. The molecule has 1 aromatic heterocycles. The smallest absolute Gasteiger partial charge is 0.245 e. The molecule has 0 radical (unpaired) electrons. The number of benzene rings is 1. The molecule has 1 unspecified atom stereocenters. The van der Waals surface area contributed by atoms with Crippen LogP contribution < -0.4 is 5.32 Å². The fourth-order valence-corrected chi connectivity index (χ4v) is 4.65. The van der Waals surface area contributed by atoms with Gasteiger partial charge in [0.15, 0.2) is 0 Å². The van der Waals surface area contributed by atoms with E-state index in [0.717, 1.165) is 12.8 Å². The molecule has 0 saturated heterocycles. The highest BCUT2D eigenvalue weighted by Crippen LogP contribution is 2.25. The van der Waals surface area contributed by atoms with E-state index in [9.17, 15) is 9.59 Å². The fraction of sp³-hybridized carbons (Fsp3) is 0.400. The molecule has 2 aromatic rings. The molecule has 27 heavy (non-hydrogen) atoms. The highest BCUT2D eigenvalue weighted by Gasteiger charge is 2.28. The van der Waals surface area contributed by atoms with Crippen LogP contribution in [0.15, 0.2) is 29.6 Å². The Morgan fingerprint density at radius 3 is 2.85 bits per heavy atom. The van der Waals surface area contributed by atoms with E-state index in [0.29, 0.717) is 35.1 Å². The van der Waals surface area contributed by atoms with Crippen molar-refractivity contribution in [2.75, 3.05) is 6.54 Å². The van der Waals surface area contributed by atoms with Crippen LogP contribution in [0.5, 0.6) is 0 Å². The van der Waals surface area contributed by atoms with Gasteiger partial charge in [-0.3, -0.25) is 9.59 Å². The van der Waals surface area contributed by atoms with E-state index >= 15 is 0 Å². The summed E-state index contributed by atoms with van der Waals surface area (Å²) in [5, 5.41) is 5.96. The Kier molecular flexibility index (Phi) is 6.79. The second-order valence-corrected chi connectivity index (χ2v) is 8.54. The summed E-state index contributed by atoms with van der Waals surface area (Å²) < 4.78 is 0. The topological polar surface area (TPSA) is 49.4 Å². The lowest BCUT2D eigenvalue weighted by molar-refractivity contribution is -0.137. The molecule has 2 amide bonds. The van der Waals surface area contributed by atoms with Gasteiger partial charge in [0.05, 0.1) is 6.42 Å². The number of hydrogen-bond acceptors (Lipinski definition) is 3. The molecule has 144 valence electrons. The van der Waals surface area contributed by atoms with Crippen LogP contribution in [0.3, 0.4) is 0 Å². The second-order valence-electron chi connectivity index (χ2n) is 6.70. The first-order valence-corrected chi connectivity index (χ1v) is 10.7. The van der Waals surface area contributed by atoms with Gasteiger partial charge in [-0.1, -0.05) is 42.6 Å². The lowest BCUT2D eigenvalue weighted by Crippen LogP contribution is -2.50. The van der Waals surface area contributed by atoms with Gasteiger partial charge < -0.3 is 10.2 Å². The van der Waals surface area contributed by atoms with Crippen molar-refractivity contribution in [3.05, 3.63) is 55.7 Å². The van der Waals surface area contributed by atoms with Crippen molar-refractivity contribution in [3.8, 4) is 0 Å². The van der Waals surface area contributed by atoms with Gasteiger partial charge in [-0.05, 0) is 47.5 Å². The zero-order valence-electron chi connectivity index (χ0n) is 15.1. The van der Waals surface area contributed by atoms with Crippen LogP contribution in [-0.2, 0) is 29.0 Å². The van der Waals surface area contributed by atoms with Crippen molar-refractivity contribution < 1.29 is 9.59 Å². The first-order valence-electron chi connectivity index (χ1n) is 9.05. The van der Waals surface area contributed by atoms with Crippen molar-refractivity contribution in [1.29, 1.82) is 0 Å². The van der Waals surface area contributed by atoms with Crippen LogP contribution in [0.25, 0.3) is 0 Å². The van der Waals surface area contributed by atoms with Gasteiger partial charge in [0, 0.05) is 28.0 Å². The van der Waals surface area contributed by atoms with E-state index in [2.05, 4.69) is 16.8 Å². The maximum atomic E-state index is 13.0. The van der Waals surface area contributed by atoms with E-state index in [1.54, 1.807) is 29.5 Å². The number of nitrogens with zero attached hydrogens (tertiary/aromatic N) is 1. The molecular formula is C20H22Cl2N2O2S. The normalized spacial score (nSPS) is 14.6. The average molecular weight is 425 g/mol. The molecule has 0 aliphatic carbocycles. The Morgan fingerprint density at radius 2 is 2.11 bits per heavy atom. The largest absolute Gasteiger partial charge is 0.344 e. The third-order valence-electron chi connectivity index (χ3n) is 4.70. The number of halogens is 2. The Bertz CT molecular complexity index is 837. The standard InChI is InChI=1S/C20H22Cl2N2O2S/c1-2-3-17(20(26)24-8-6-18-14(12-24)7-9-27-18)23-19(25)10-13-4-5-15(21)11-16(13)22/h4-5,7,9,11,17H,2-3,6,8,10,12H2,1H3,(H,23,25). The molecule has 4 nitrogen and oxygen atoms in total. The number of amides is 2. The van der Waals surface area contributed by atoms with Crippen molar-refractivity contribution in [2.45, 2.75) is 45.2 Å². The van der Waals surface area contributed by atoms with Crippen molar-refractivity contribution in [3.63, 3.8) is 0 Å². The number of carbonyl (C=O) groups excluding carboxylic acids is 2. The Morgan fingerprint density at radius 1 is 1.30 bits per heavy atom. The third-order valence-corrected chi connectivity index (χ3v) is 6.31. The van der Waals surface area contributed by atoms with Crippen LogP contribution >= 0.6 is 34.5 Å². The molecule has 1 aliphatic rings. The molecule has 0 spiro atoms. The summed E-state index contributed by atoms with van der Waals surface area (Å²) in [5.74, 6) is -0.219. The zero-order chi connectivity index (χ0) is 19.4. The maximum Gasteiger partial charge on any atom is 0.245 e. The molecular weight excluding hydrogens is 403 g/mol. The first-order chi connectivity index (χ1) is 13.0. The minimum Gasteiger partial charge on any atom is -0.344 e. The van der Waals surface area contributed by atoms with Gasteiger partial charge in [0.25, 0.3) is 0 Å². The summed E-state index contributed by atoms with van der Waals surface area (Å²) >= 11 is 13.8. The molecule has 1 aliphatic heterocycles. The number of thiophene rings is 1. The van der Waals surface area contributed by atoms with Gasteiger partial charge >= 0.3 is 0 Å². The summed E-state index contributed by atoms with van der Waals surface area (Å²) in [6.07, 6.45) is 2.44.